The van der Waals surface area contributed by atoms with Crippen molar-refractivity contribution in [3.05, 3.63) is 0 Å². The number of nitrogens with one attached hydrogen (secondary N) is 1. The Hall–Kier alpha value is 0.530. The van der Waals surface area contributed by atoms with E-state index in [4.69, 9.17) is 0 Å². The molecule has 0 atom stereocenters. The fourth-order valence-electron chi connectivity index (χ4n) is 0.163. The zero-order valence-corrected chi connectivity index (χ0v) is 8.17. The van der Waals surface area contributed by atoms with Gasteiger partial charge in [0.1, 0.15) is 3.17 Å². The van der Waals surface area contributed by atoms with Crippen LogP contribution in [0.4, 0.5) is 0 Å². The average molecular weight is 263 g/mol. The minimum atomic E-state index is -5.51. The minimum Gasteiger partial charge on any atom is -0.254 e. The number of hydroxylamine groups is 1. The number of hydrogen-bond acceptors (Lipinski definition) is 5. The van der Waals surface area contributed by atoms with E-state index < -0.39 is 25.6 Å². The van der Waals surface area contributed by atoms with Crippen molar-refractivity contribution in [3.8, 4) is 0 Å². The Balaban J connectivity index is 3.56. The Morgan fingerprint density at radius 1 is 1.20 bits per heavy atom. The van der Waals surface area contributed by atoms with Crippen LogP contribution >= 0.6 is 0 Å². The van der Waals surface area contributed by atoms with Crippen molar-refractivity contribution in [3.63, 3.8) is 0 Å². The second-order valence-corrected chi connectivity index (χ2v) is 5.41. The Morgan fingerprint density at radius 3 is 1.70 bits per heavy atom. The second-order valence-electron chi connectivity index (χ2n) is 2.81. The van der Waals surface area contributed by atoms with Crippen LogP contribution in [0, 0.1) is 0 Å². The Bertz CT molecular complexity index is 90.8. The molecule has 0 fully saturated rings. The summed E-state index contributed by atoms with van der Waals surface area (Å²) in [6.45, 7) is 5.04. The fraction of sp³-hybridized carbons (Fsp3) is 1.00. The summed E-state index contributed by atoms with van der Waals surface area (Å²) in [6.07, 6.45) is 0. The molecule has 1 N–H and O–H groups in total. The molecule has 0 aromatic carbocycles. The quantitative estimate of drug-likeness (QED) is 0.396. The molecule has 0 aromatic heterocycles. The first-order valence-corrected chi connectivity index (χ1v) is 6.09. The molecule has 5 nitrogen and oxygen atoms in total. The molecule has 0 spiro atoms. The van der Waals surface area contributed by atoms with Crippen LogP contribution in [0.2, 0.25) is 0 Å². The van der Waals surface area contributed by atoms with Gasteiger partial charge in [-0.15, -0.1) is 0 Å². The summed E-state index contributed by atoms with van der Waals surface area (Å²) < 4.78 is 33.7. The van der Waals surface area contributed by atoms with Gasteiger partial charge >= 0.3 is 20.1 Å². The van der Waals surface area contributed by atoms with E-state index in [0.717, 1.165) is 0 Å². The van der Waals surface area contributed by atoms with Gasteiger partial charge in [-0.05, 0) is 20.8 Å². The molecule has 0 saturated carbocycles. The molecule has 6 heteroatoms. The van der Waals surface area contributed by atoms with Gasteiger partial charge in [0.2, 0.25) is 0 Å². The van der Waals surface area contributed by atoms with Crippen molar-refractivity contribution >= 4 is 0 Å². The van der Waals surface area contributed by atoms with E-state index in [1.807, 2.05) is 0 Å². The third-order valence-electron chi connectivity index (χ3n) is 0.439. The lowest BCUT2D eigenvalue weighted by Crippen LogP contribution is -4.24. The summed E-state index contributed by atoms with van der Waals surface area (Å²) in [5, 5.41) is 0. The van der Waals surface area contributed by atoms with Crippen molar-refractivity contribution in [1.29, 1.82) is 0 Å². The van der Waals surface area contributed by atoms with Gasteiger partial charge in [-0.3, -0.25) is 10.3 Å². The van der Waals surface area contributed by atoms with Crippen LogP contribution in [0.25, 0.3) is 0 Å². The predicted octanol–water partition coefficient (Wildman–Crippen LogP) is -5.79. The molecule has 10 heavy (non-hydrogen) atoms. The van der Waals surface area contributed by atoms with Crippen LogP contribution in [-0.4, -0.2) is 5.54 Å². The summed E-state index contributed by atoms with van der Waals surface area (Å²) >= 11 is -5.51. The predicted molar refractivity (Wildman–Crippen MR) is 24.0 cm³/mol. The fourth-order valence-corrected chi connectivity index (χ4v) is 1.09. The highest BCUT2D eigenvalue weighted by molar-refractivity contribution is 4.62. The molecule has 0 radical (unpaired) electrons. The maximum Gasteiger partial charge on any atom is 0.402 e. The molecule has 0 rings (SSSR count). The Kier molecular flexibility index (Phi) is 3.46. The summed E-state index contributed by atoms with van der Waals surface area (Å²) in [7, 11) is 0. The summed E-state index contributed by atoms with van der Waals surface area (Å²) in [4.78, 5) is 0. The molecule has 0 aliphatic rings. The van der Waals surface area contributed by atoms with Crippen molar-refractivity contribution < 1.29 is 33.6 Å². The van der Waals surface area contributed by atoms with Crippen LogP contribution in [-0.2, 0) is 3.17 Å². The molecule has 0 aliphatic heterocycles. The maximum absolute atomic E-state index is 9.93. The molecule has 0 aliphatic carbocycles. The van der Waals surface area contributed by atoms with E-state index in [1.54, 1.807) is 20.8 Å². The zero-order chi connectivity index (χ0) is 8.41. The van der Waals surface area contributed by atoms with Crippen LogP contribution in [0.3, 0.4) is 0 Å². The first-order valence-electron chi connectivity index (χ1n) is 2.57. The van der Waals surface area contributed by atoms with E-state index in [9.17, 15) is 10.3 Å². The lowest BCUT2D eigenvalue weighted by molar-refractivity contribution is -1.92. The molecule has 0 unspecified atom stereocenters. The van der Waals surface area contributed by atoms with Crippen LogP contribution in [0.1, 0.15) is 20.8 Å². The van der Waals surface area contributed by atoms with Gasteiger partial charge in [0, 0.05) is 5.54 Å². The van der Waals surface area contributed by atoms with Gasteiger partial charge in [0.15, 0.2) is 0 Å². The normalized spacial score (nSPS) is 13.8. The van der Waals surface area contributed by atoms with Crippen molar-refractivity contribution in [2.24, 2.45) is 0 Å². The third kappa shape index (κ3) is 8.53. The summed E-state index contributed by atoms with van der Waals surface area (Å²) in [6, 6.07) is 0. The monoisotopic (exact) mass is 263 g/mol. The molecule has 0 amide bonds. The second kappa shape index (κ2) is 3.28. The summed E-state index contributed by atoms with van der Waals surface area (Å²) in [5.74, 6) is 0. The SMILES string of the molecule is CC(C)(C)NO[I+3]([O-])([O-])[O-]. The molecular formula is C4H10INO4. The van der Waals surface area contributed by atoms with Gasteiger partial charge in [-0.25, -0.2) is 0 Å². The molecule has 0 saturated heterocycles. The van der Waals surface area contributed by atoms with Crippen molar-refractivity contribution in [2.45, 2.75) is 26.3 Å². The van der Waals surface area contributed by atoms with Crippen LogP contribution < -0.4 is 35.9 Å². The lowest BCUT2D eigenvalue weighted by Gasteiger charge is -2.15. The van der Waals surface area contributed by atoms with E-state index in [1.165, 1.54) is 0 Å². The van der Waals surface area contributed by atoms with Crippen molar-refractivity contribution in [1.82, 2.24) is 5.48 Å². The number of rotatable bonds is 2. The smallest absolute Gasteiger partial charge is 0.254 e. The number of hydrogen-bond donors (Lipinski definition) is 1. The molecule has 62 valence electrons. The molecular weight excluding hydrogens is 253 g/mol. The maximum atomic E-state index is 9.93. The van der Waals surface area contributed by atoms with E-state index in [-0.39, 0.29) is 0 Å². The van der Waals surface area contributed by atoms with Gasteiger partial charge < -0.3 is 0 Å². The molecule has 0 bridgehead atoms. The first-order chi connectivity index (χ1) is 4.21. The van der Waals surface area contributed by atoms with Gasteiger partial charge in [0.25, 0.3) is 0 Å². The Morgan fingerprint density at radius 2 is 1.60 bits per heavy atom. The lowest BCUT2D eigenvalue weighted by atomic mass is 10.1. The van der Waals surface area contributed by atoms with E-state index >= 15 is 0 Å². The third-order valence-corrected chi connectivity index (χ3v) is 1.20. The largest absolute Gasteiger partial charge is 0.402 e. The molecule has 0 heterocycles. The summed E-state index contributed by atoms with van der Waals surface area (Å²) in [5.41, 5.74) is 1.58. The standard InChI is InChI=1S/C4H10INO4/c1-4(2,3)6-10-5(7,8)9/h6H,1-3H3. The highest BCUT2D eigenvalue weighted by Gasteiger charge is 2.30. The average Bonchev–Trinajstić information content (AvgIpc) is 1.57. The highest BCUT2D eigenvalue weighted by atomic mass is 127. The van der Waals surface area contributed by atoms with E-state index in [2.05, 4.69) is 8.65 Å². The highest BCUT2D eigenvalue weighted by Crippen LogP contribution is 1.95. The minimum absolute atomic E-state index is 0.520. The van der Waals surface area contributed by atoms with Crippen molar-refractivity contribution in [2.75, 3.05) is 0 Å². The first kappa shape index (κ1) is 10.5. The number of halogens is 1. The van der Waals surface area contributed by atoms with Gasteiger partial charge in [-0.2, -0.15) is 0 Å². The van der Waals surface area contributed by atoms with Crippen LogP contribution in [0.5, 0.6) is 0 Å². The van der Waals surface area contributed by atoms with Crippen LogP contribution in [0.15, 0.2) is 0 Å². The zero-order valence-electron chi connectivity index (χ0n) is 6.01. The Labute approximate surface area is 65.7 Å². The molecule has 0 aromatic rings. The van der Waals surface area contributed by atoms with Gasteiger partial charge in [-0.1, -0.05) is 5.48 Å². The topological polar surface area (TPSA) is 90.4 Å². The van der Waals surface area contributed by atoms with E-state index in [0.29, 0.717) is 0 Å². The van der Waals surface area contributed by atoms with Gasteiger partial charge in [0.05, 0.1) is 0 Å².